The van der Waals surface area contributed by atoms with Crippen LogP contribution in [0.4, 0.5) is 0 Å². The van der Waals surface area contributed by atoms with E-state index in [9.17, 15) is 0 Å². The number of thiophene rings is 1. The second kappa shape index (κ2) is 4.19. The molecule has 0 saturated heterocycles. The molecule has 1 aromatic carbocycles. The Labute approximate surface area is 100 Å². The van der Waals surface area contributed by atoms with Crippen molar-refractivity contribution < 1.29 is 0 Å². The van der Waals surface area contributed by atoms with E-state index < -0.39 is 0 Å². The molecule has 1 aliphatic rings. The van der Waals surface area contributed by atoms with Crippen LogP contribution in [0.15, 0.2) is 23.6 Å². The first-order chi connectivity index (χ1) is 7.83. The Morgan fingerprint density at radius 1 is 1.38 bits per heavy atom. The Morgan fingerprint density at radius 3 is 3.00 bits per heavy atom. The molecule has 2 aromatic rings. The SMILES string of the molecule is Cc1ccc2c(CNC3CCC3)csc2c1. The van der Waals surface area contributed by atoms with E-state index in [0.29, 0.717) is 0 Å². The highest BCUT2D eigenvalue weighted by Crippen LogP contribution is 2.27. The first-order valence-electron chi connectivity index (χ1n) is 6.03. The van der Waals surface area contributed by atoms with Crippen LogP contribution >= 0.6 is 11.3 Å². The summed E-state index contributed by atoms with van der Waals surface area (Å²) in [5.41, 5.74) is 2.82. The van der Waals surface area contributed by atoms with Gasteiger partial charge in [-0.05, 0) is 47.7 Å². The van der Waals surface area contributed by atoms with E-state index in [-0.39, 0.29) is 0 Å². The lowest BCUT2D eigenvalue weighted by atomic mass is 9.93. The average Bonchev–Trinajstić information content (AvgIpc) is 2.58. The lowest BCUT2D eigenvalue weighted by Crippen LogP contribution is -2.34. The van der Waals surface area contributed by atoms with Gasteiger partial charge < -0.3 is 5.32 Å². The Kier molecular flexibility index (Phi) is 2.70. The summed E-state index contributed by atoms with van der Waals surface area (Å²) >= 11 is 1.87. The van der Waals surface area contributed by atoms with Crippen molar-refractivity contribution in [2.75, 3.05) is 0 Å². The molecular weight excluding hydrogens is 214 g/mol. The van der Waals surface area contributed by atoms with Gasteiger partial charge in [0.2, 0.25) is 0 Å². The minimum Gasteiger partial charge on any atom is -0.310 e. The van der Waals surface area contributed by atoms with Gasteiger partial charge in [-0.3, -0.25) is 0 Å². The number of rotatable bonds is 3. The molecule has 0 spiro atoms. The van der Waals surface area contributed by atoms with Crippen LogP contribution in [0.1, 0.15) is 30.4 Å². The summed E-state index contributed by atoms with van der Waals surface area (Å²) in [4.78, 5) is 0. The minimum absolute atomic E-state index is 0.778. The fraction of sp³-hybridized carbons (Fsp3) is 0.429. The quantitative estimate of drug-likeness (QED) is 0.846. The summed E-state index contributed by atoms with van der Waals surface area (Å²) in [7, 11) is 0. The Morgan fingerprint density at radius 2 is 2.25 bits per heavy atom. The molecule has 0 radical (unpaired) electrons. The molecule has 1 heterocycles. The van der Waals surface area contributed by atoms with E-state index in [1.807, 2.05) is 11.3 Å². The zero-order chi connectivity index (χ0) is 11.0. The molecule has 0 amide bonds. The standard InChI is InChI=1S/C14H17NS/c1-10-5-6-13-11(9-16-14(13)7-10)8-15-12-3-2-4-12/h5-7,9,12,15H,2-4,8H2,1H3. The number of aryl methyl sites for hydroxylation is 1. The van der Waals surface area contributed by atoms with E-state index >= 15 is 0 Å². The maximum absolute atomic E-state index is 3.63. The number of hydrogen-bond acceptors (Lipinski definition) is 2. The van der Waals surface area contributed by atoms with Crippen molar-refractivity contribution in [2.24, 2.45) is 0 Å². The molecule has 1 fully saturated rings. The first-order valence-corrected chi connectivity index (χ1v) is 6.91. The van der Waals surface area contributed by atoms with Gasteiger partial charge in [-0.15, -0.1) is 11.3 Å². The van der Waals surface area contributed by atoms with Crippen LogP contribution in [-0.2, 0) is 6.54 Å². The third kappa shape index (κ3) is 1.87. The number of hydrogen-bond donors (Lipinski definition) is 1. The monoisotopic (exact) mass is 231 g/mol. The predicted octanol–water partition coefficient (Wildman–Crippen LogP) is 3.85. The van der Waals surface area contributed by atoms with Crippen LogP contribution in [0.3, 0.4) is 0 Å². The average molecular weight is 231 g/mol. The third-order valence-corrected chi connectivity index (χ3v) is 4.49. The van der Waals surface area contributed by atoms with Gasteiger partial charge in [0.1, 0.15) is 0 Å². The first kappa shape index (κ1) is 10.3. The van der Waals surface area contributed by atoms with Crippen molar-refractivity contribution in [1.29, 1.82) is 0 Å². The molecule has 2 heteroatoms. The van der Waals surface area contributed by atoms with Gasteiger partial charge >= 0.3 is 0 Å². The molecular formula is C14H17NS. The summed E-state index contributed by atoms with van der Waals surface area (Å²) in [6.07, 6.45) is 4.13. The zero-order valence-electron chi connectivity index (χ0n) is 9.62. The maximum Gasteiger partial charge on any atom is 0.0348 e. The van der Waals surface area contributed by atoms with E-state index in [0.717, 1.165) is 12.6 Å². The van der Waals surface area contributed by atoms with Crippen molar-refractivity contribution in [3.05, 3.63) is 34.7 Å². The highest BCUT2D eigenvalue weighted by atomic mass is 32.1. The van der Waals surface area contributed by atoms with Gasteiger partial charge in [-0.1, -0.05) is 18.6 Å². The maximum atomic E-state index is 3.63. The van der Waals surface area contributed by atoms with E-state index in [2.05, 4.69) is 35.8 Å². The van der Waals surface area contributed by atoms with Gasteiger partial charge in [0, 0.05) is 17.3 Å². The largest absolute Gasteiger partial charge is 0.310 e. The minimum atomic E-state index is 0.778. The number of nitrogens with one attached hydrogen (secondary N) is 1. The summed E-state index contributed by atoms with van der Waals surface area (Å²) in [6.45, 7) is 3.19. The molecule has 0 unspecified atom stereocenters. The van der Waals surface area contributed by atoms with Crippen molar-refractivity contribution >= 4 is 21.4 Å². The molecule has 1 nitrogen and oxygen atoms in total. The van der Waals surface area contributed by atoms with Crippen LogP contribution in [0.2, 0.25) is 0 Å². The molecule has 3 rings (SSSR count). The highest BCUT2D eigenvalue weighted by Gasteiger charge is 2.16. The van der Waals surface area contributed by atoms with Gasteiger partial charge in [-0.25, -0.2) is 0 Å². The fourth-order valence-electron chi connectivity index (χ4n) is 2.19. The van der Waals surface area contributed by atoms with Crippen molar-refractivity contribution in [3.63, 3.8) is 0 Å². The van der Waals surface area contributed by atoms with Crippen LogP contribution in [0.25, 0.3) is 10.1 Å². The van der Waals surface area contributed by atoms with E-state index in [1.54, 1.807) is 0 Å². The van der Waals surface area contributed by atoms with Gasteiger partial charge in [0.15, 0.2) is 0 Å². The summed E-state index contributed by atoms with van der Waals surface area (Å²) in [5.74, 6) is 0. The zero-order valence-corrected chi connectivity index (χ0v) is 10.4. The smallest absolute Gasteiger partial charge is 0.0348 e. The topological polar surface area (TPSA) is 12.0 Å². The van der Waals surface area contributed by atoms with Crippen LogP contribution in [0.5, 0.6) is 0 Å². The van der Waals surface area contributed by atoms with Gasteiger partial charge in [-0.2, -0.15) is 0 Å². The van der Waals surface area contributed by atoms with Crippen LogP contribution in [0, 0.1) is 6.92 Å². The van der Waals surface area contributed by atoms with Crippen molar-refractivity contribution in [2.45, 2.75) is 38.8 Å². The van der Waals surface area contributed by atoms with Crippen LogP contribution in [-0.4, -0.2) is 6.04 Å². The second-order valence-corrected chi connectivity index (χ2v) is 5.68. The van der Waals surface area contributed by atoms with Crippen molar-refractivity contribution in [1.82, 2.24) is 5.32 Å². The van der Waals surface area contributed by atoms with E-state index in [1.165, 1.54) is 40.5 Å². The number of benzene rings is 1. The predicted molar refractivity (Wildman–Crippen MR) is 71.0 cm³/mol. The molecule has 1 N–H and O–H groups in total. The molecule has 0 bridgehead atoms. The number of fused-ring (bicyclic) bond motifs is 1. The molecule has 16 heavy (non-hydrogen) atoms. The summed E-state index contributed by atoms with van der Waals surface area (Å²) in [5, 5.41) is 7.37. The fourth-order valence-corrected chi connectivity index (χ4v) is 3.25. The third-order valence-electron chi connectivity index (χ3n) is 3.50. The molecule has 1 aliphatic carbocycles. The van der Waals surface area contributed by atoms with Gasteiger partial charge in [0.25, 0.3) is 0 Å². The summed E-state index contributed by atoms with van der Waals surface area (Å²) < 4.78 is 1.42. The van der Waals surface area contributed by atoms with Gasteiger partial charge in [0.05, 0.1) is 0 Å². The van der Waals surface area contributed by atoms with Crippen molar-refractivity contribution in [3.8, 4) is 0 Å². The highest BCUT2D eigenvalue weighted by molar-refractivity contribution is 7.17. The molecule has 0 aliphatic heterocycles. The van der Waals surface area contributed by atoms with E-state index in [4.69, 9.17) is 0 Å². The molecule has 0 atom stereocenters. The normalized spacial score (nSPS) is 16.6. The summed E-state index contributed by atoms with van der Waals surface area (Å²) in [6, 6.07) is 7.54. The Hall–Kier alpha value is -0.860. The Balaban J connectivity index is 1.80. The lowest BCUT2D eigenvalue weighted by Gasteiger charge is -2.26. The molecule has 1 aromatic heterocycles. The molecule has 1 saturated carbocycles. The second-order valence-electron chi connectivity index (χ2n) is 4.77. The molecule has 84 valence electrons. The van der Waals surface area contributed by atoms with Crippen LogP contribution < -0.4 is 5.32 Å². The lowest BCUT2D eigenvalue weighted by molar-refractivity contribution is 0.339. The Bertz CT molecular complexity index is 496.